The van der Waals surface area contributed by atoms with Crippen molar-refractivity contribution in [1.29, 1.82) is 0 Å². The van der Waals surface area contributed by atoms with Crippen LogP contribution in [0.1, 0.15) is 40.6 Å². The van der Waals surface area contributed by atoms with Gasteiger partial charge in [0.1, 0.15) is 10.8 Å². The molecule has 7 nitrogen and oxygen atoms in total. The van der Waals surface area contributed by atoms with Crippen LogP contribution in [0, 0.1) is 5.82 Å². The topological polar surface area (TPSA) is 110 Å². The molecular weight excluding hydrogens is 429 g/mol. The van der Waals surface area contributed by atoms with Gasteiger partial charge < -0.3 is 11.1 Å². The quantitative estimate of drug-likeness (QED) is 0.597. The summed E-state index contributed by atoms with van der Waals surface area (Å²) in [5, 5.41) is 3.04. The molecule has 0 spiro atoms. The number of hydrogen-bond acceptors (Lipinski definition) is 6. The number of anilines is 1. The average molecular weight is 454 g/mol. The van der Waals surface area contributed by atoms with E-state index in [2.05, 4.69) is 17.1 Å². The summed E-state index contributed by atoms with van der Waals surface area (Å²) in [5.74, 6) is -2.09. The number of nitrogens with one attached hydrogen (secondary N) is 1. The standard InChI is InChI=1S/C20H24FN3O4S2/c1-2-9-24-10-7-15-16(12-24)29-20(18(15)19(22)26)23-17(25)8-11-30(27,28)14-5-3-13(21)4-6-14/h3-6H,2,7-12H2,1H3,(H2,22,26)(H,23,25). The van der Waals surface area contributed by atoms with Crippen molar-refractivity contribution < 1.29 is 22.4 Å². The molecule has 162 valence electrons. The highest BCUT2D eigenvalue weighted by Gasteiger charge is 2.27. The van der Waals surface area contributed by atoms with Crippen LogP contribution < -0.4 is 11.1 Å². The van der Waals surface area contributed by atoms with E-state index in [0.29, 0.717) is 23.5 Å². The second-order valence-corrected chi connectivity index (χ2v) is 10.4. The number of carbonyl (C=O) groups is 2. The fraction of sp³-hybridized carbons (Fsp3) is 0.400. The normalized spacial score (nSPS) is 14.3. The molecule has 1 aliphatic rings. The van der Waals surface area contributed by atoms with Gasteiger partial charge in [-0.05, 0) is 49.2 Å². The van der Waals surface area contributed by atoms with Crippen LogP contribution in [-0.4, -0.2) is 44.0 Å². The van der Waals surface area contributed by atoms with Gasteiger partial charge in [0.2, 0.25) is 5.91 Å². The van der Waals surface area contributed by atoms with Gasteiger partial charge in [-0.2, -0.15) is 0 Å². The van der Waals surface area contributed by atoms with Gasteiger partial charge in [0.05, 0.1) is 16.2 Å². The second-order valence-electron chi connectivity index (χ2n) is 7.17. The number of sulfone groups is 1. The van der Waals surface area contributed by atoms with Crippen molar-refractivity contribution in [2.75, 3.05) is 24.2 Å². The number of nitrogens with zero attached hydrogens (tertiary/aromatic N) is 1. The Hall–Kier alpha value is -2.30. The number of nitrogens with two attached hydrogens (primary N) is 1. The zero-order valence-corrected chi connectivity index (χ0v) is 18.2. The molecule has 3 rings (SSSR count). The Balaban J connectivity index is 1.71. The van der Waals surface area contributed by atoms with Crippen LogP contribution in [0.2, 0.25) is 0 Å². The van der Waals surface area contributed by atoms with Gasteiger partial charge in [0.15, 0.2) is 9.84 Å². The van der Waals surface area contributed by atoms with E-state index in [-0.39, 0.29) is 11.3 Å². The molecule has 30 heavy (non-hydrogen) atoms. The van der Waals surface area contributed by atoms with Crippen molar-refractivity contribution in [1.82, 2.24) is 4.90 Å². The molecular formula is C20H24FN3O4S2. The first-order valence-corrected chi connectivity index (χ1v) is 12.1. The third-order valence-electron chi connectivity index (χ3n) is 4.95. The summed E-state index contributed by atoms with van der Waals surface area (Å²) >= 11 is 1.31. The summed E-state index contributed by atoms with van der Waals surface area (Å²) in [5.41, 5.74) is 6.75. The van der Waals surface area contributed by atoms with E-state index in [0.717, 1.165) is 42.1 Å². The largest absolute Gasteiger partial charge is 0.365 e. The first kappa shape index (κ1) is 22.4. The van der Waals surface area contributed by atoms with Gasteiger partial charge in [0, 0.05) is 24.4 Å². The second kappa shape index (κ2) is 9.23. The molecule has 0 unspecified atom stereocenters. The Labute approximate surface area is 179 Å². The monoisotopic (exact) mass is 453 g/mol. The van der Waals surface area contributed by atoms with Crippen LogP contribution in [0.15, 0.2) is 29.2 Å². The highest BCUT2D eigenvalue weighted by Crippen LogP contribution is 2.37. The van der Waals surface area contributed by atoms with E-state index in [4.69, 9.17) is 5.73 Å². The van der Waals surface area contributed by atoms with Crippen LogP contribution in [-0.2, 0) is 27.6 Å². The minimum atomic E-state index is -3.73. The van der Waals surface area contributed by atoms with Gasteiger partial charge in [-0.15, -0.1) is 11.3 Å². The molecule has 0 bridgehead atoms. The van der Waals surface area contributed by atoms with Crippen molar-refractivity contribution in [2.45, 2.75) is 37.6 Å². The number of carbonyl (C=O) groups excluding carboxylic acids is 2. The Morgan fingerprint density at radius 2 is 1.97 bits per heavy atom. The number of rotatable bonds is 8. The summed E-state index contributed by atoms with van der Waals surface area (Å²) < 4.78 is 37.7. The SMILES string of the molecule is CCCN1CCc2c(sc(NC(=O)CCS(=O)(=O)c3ccc(F)cc3)c2C(N)=O)C1. The number of fused-ring (bicyclic) bond motifs is 1. The van der Waals surface area contributed by atoms with E-state index in [9.17, 15) is 22.4 Å². The van der Waals surface area contributed by atoms with Crippen molar-refractivity contribution in [3.05, 3.63) is 46.1 Å². The highest BCUT2D eigenvalue weighted by molar-refractivity contribution is 7.91. The summed E-state index contributed by atoms with van der Waals surface area (Å²) in [7, 11) is -3.73. The molecule has 0 radical (unpaired) electrons. The first-order chi connectivity index (χ1) is 14.2. The number of halogens is 1. The predicted octanol–water partition coefficient (Wildman–Crippen LogP) is 2.56. The van der Waals surface area contributed by atoms with Crippen molar-refractivity contribution in [2.24, 2.45) is 5.73 Å². The smallest absolute Gasteiger partial charge is 0.251 e. The van der Waals surface area contributed by atoms with Crippen LogP contribution in [0.25, 0.3) is 0 Å². The first-order valence-electron chi connectivity index (χ1n) is 9.66. The molecule has 1 aromatic carbocycles. The van der Waals surface area contributed by atoms with Crippen molar-refractivity contribution in [3.8, 4) is 0 Å². The molecule has 0 fully saturated rings. The zero-order chi connectivity index (χ0) is 21.9. The van der Waals surface area contributed by atoms with Crippen LogP contribution in [0.4, 0.5) is 9.39 Å². The maximum absolute atomic E-state index is 13.0. The van der Waals surface area contributed by atoms with Gasteiger partial charge >= 0.3 is 0 Å². The Kier molecular flexibility index (Phi) is 6.89. The molecule has 0 aliphatic carbocycles. The predicted molar refractivity (Wildman–Crippen MR) is 114 cm³/mol. The summed E-state index contributed by atoms with van der Waals surface area (Å²) in [4.78, 5) is 27.7. The summed E-state index contributed by atoms with van der Waals surface area (Å²) in [6.07, 6.45) is 1.41. The van der Waals surface area contributed by atoms with Crippen LogP contribution >= 0.6 is 11.3 Å². The van der Waals surface area contributed by atoms with Crippen molar-refractivity contribution in [3.63, 3.8) is 0 Å². The lowest BCUT2D eigenvalue weighted by molar-refractivity contribution is -0.115. The van der Waals surface area contributed by atoms with E-state index in [1.165, 1.54) is 23.5 Å². The van der Waals surface area contributed by atoms with Gasteiger partial charge in [0.25, 0.3) is 5.91 Å². The summed E-state index contributed by atoms with van der Waals surface area (Å²) in [6, 6.07) is 4.46. The van der Waals surface area contributed by atoms with E-state index in [1.807, 2.05) is 0 Å². The van der Waals surface area contributed by atoms with Crippen LogP contribution in [0.5, 0.6) is 0 Å². The molecule has 2 amide bonds. The molecule has 0 saturated heterocycles. The third-order valence-corrected chi connectivity index (χ3v) is 7.81. The Morgan fingerprint density at radius 1 is 1.27 bits per heavy atom. The molecule has 0 atom stereocenters. The molecule has 0 saturated carbocycles. The number of benzene rings is 1. The lowest BCUT2D eigenvalue weighted by Gasteiger charge is -2.26. The number of thiophene rings is 1. The number of hydrogen-bond donors (Lipinski definition) is 2. The maximum Gasteiger partial charge on any atom is 0.251 e. The molecule has 2 aromatic rings. The Bertz CT molecular complexity index is 1050. The molecule has 1 aliphatic heterocycles. The summed E-state index contributed by atoms with van der Waals surface area (Å²) in [6.45, 7) is 4.57. The van der Waals surface area contributed by atoms with Gasteiger partial charge in [-0.25, -0.2) is 12.8 Å². The van der Waals surface area contributed by atoms with Crippen LogP contribution in [0.3, 0.4) is 0 Å². The zero-order valence-electron chi connectivity index (χ0n) is 16.6. The Morgan fingerprint density at radius 3 is 2.60 bits per heavy atom. The number of primary amides is 1. The van der Waals surface area contributed by atoms with E-state index >= 15 is 0 Å². The fourth-order valence-electron chi connectivity index (χ4n) is 3.49. The van der Waals surface area contributed by atoms with E-state index in [1.54, 1.807) is 0 Å². The van der Waals surface area contributed by atoms with Crippen molar-refractivity contribution >= 4 is 38.0 Å². The van der Waals surface area contributed by atoms with Gasteiger partial charge in [-0.3, -0.25) is 14.5 Å². The minimum Gasteiger partial charge on any atom is -0.365 e. The van der Waals surface area contributed by atoms with Gasteiger partial charge in [-0.1, -0.05) is 6.92 Å². The van der Waals surface area contributed by atoms with E-state index < -0.39 is 33.2 Å². The number of amides is 2. The average Bonchev–Trinajstić information content (AvgIpc) is 3.04. The lowest BCUT2D eigenvalue weighted by Crippen LogP contribution is -2.31. The third kappa shape index (κ3) is 5.05. The molecule has 10 heteroatoms. The molecule has 3 N–H and O–H groups in total. The minimum absolute atomic E-state index is 0.0443. The lowest BCUT2D eigenvalue weighted by atomic mass is 10.0. The maximum atomic E-state index is 13.0. The highest BCUT2D eigenvalue weighted by atomic mass is 32.2. The molecule has 2 heterocycles. The fourth-order valence-corrected chi connectivity index (χ4v) is 6.04. The molecule has 1 aromatic heterocycles.